The molecule has 0 spiro atoms. The summed E-state index contributed by atoms with van der Waals surface area (Å²) in [6.07, 6.45) is 1.83. The molecule has 11 aromatic rings. The van der Waals surface area contributed by atoms with Crippen molar-refractivity contribution in [2.45, 2.75) is 6.92 Å². The molecule has 246 valence electrons. The number of aromatic nitrogens is 5. The molecule has 0 amide bonds. The Bertz CT molecular complexity index is 3390. The van der Waals surface area contributed by atoms with E-state index >= 15 is 0 Å². The molecular weight excluding hydrogens is 810 g/mol. The van der Waals surface area contributed by atoms with Gasteiger partial charge in [-0.3, -0.25) is 0 Å². The fourth-order valence-corrected chi connectivity index (χ4v) is 8.88. The van der Waals surface area contributed by atoms with Gasteiger partial charge in [-0.2, -0.15) is 0 Å². The zero-order valence-corrected chi connectivity index (χ0v) is 29.5. The van der Waals surface area contributed by atoms with Gasteiger partial charge < -0.3 is 4.40 Å². The number of nitrogens with zero attached hydrogens (tertiary/aromatic N) is 5. The van der Waals surface area contributed by atoms with Gasteiger partial charge in [0.15, 0.2) is 0 Å². The molecule has 0 aliphatic rings. The van der Waals surface area contributed by atoms with Gasteiger partial charge >= 0.3 is 205 Å². The molecule has 0 radical (unpaired) electrons. The third-order valence-corrected chi connectivity index (χ3v) is 11.3. The number of fused-ring (bicyclic) bond motifs is 10. The van der Waals surface area contributed by atoms with E-state index in [0.717, 1.165) is 49.9 Å². The van der Waals surface area contributed by atoms with Crippen molar-refractivity contribution in [2.24, 2.45) is 6.98 Å². The second kappa shape index (κ2) is 10.5. The van der Waals surface area contributed by atoms with Crippen molar-refractivity contribution in [2.75, 3.05) is 0 Å². The van der Waals surface area contributed by atoms with E-state index in [1.165, 1.54) is 37.1 Å². The molecule has 51 heavy (non-hydrogen) atoms. The van der Waals surface area contributed by atoms with Gasteiger partial charge in [-0.05, 0) is 12.1 Å². The van der Waals surface area contributed by atoms with Crippen molar-refractivity contribution >= 4 is 70.9 Å². The van der Waals surface area contributed by atoms with E-state index in [4.69, 9.17) is 13.8 Å². The van der Waals surface area contributed by atoms with E-state index in [-0.39, 0.29) is 0 Å². The summed E-state index contributed by atoms with van der Waals surface area (Å²) in [5.74, 6) is 2.19. The SMILES string of the molecule is [2H]C([2H])([2H])n1[c](=[Pt])n(-c2ccc(C)c(Oc3ccc4c5cc6c7cccc8c9ccccc9n(c6cc5n(-c5ccccn5)c4c3)c87)c2)c2ccccc21. The van der Waals surface area contributed by atoms with Crippen molar-refractivity contribution in [3.63, 3.8) is 0 Å². The molecule has 11 rings (SSSR count). The molecule has 0 saturated heterocycles. The van der Waals surface area contributed by atoms with Gasteiger partial charge in [-0.1, -0.05) is 42.5 Å². The van der Waals surface area contributed by atoms with Crippen LogP contribution >= 0.6 is 0 Å². The van der Waals surface area contributed by atoms with Gasteiger partial charge in [0.1, 0.15) is 0 Å². The molecule has 0 saturated carbocycles. The van der Waals surface area contributed by atoms with E-state index in [1.807, 2.05) is 84.4 Å². The molecule has 0 unspecified atom stereocenters. The average Bonchev–Trinajstić information content (AvgIpc) is 3.88. The van der Waals surface area contributed by atoms with Crippen LogP contribution in [0.4, 0.5) is 0 Å². The second-order valence-corrected chi connectivity index (χ2v) is 14.1. The van der Waals surface area contributed by atoms with Crippen LogP contribution in [0.5, 0.6) is 11.5 Å². The Labute approximate surface area is 306 Å². The maximum atomic E-state index is 8.25. The van der Waals surface area contributed by atoms with E-state index in [2.05, 4.69) is 95.1 Å². The zero-order chi connectivity index (χ0) is 36.5. The maximum absolute atomic E-state index is 8.25. The number of pyridine rings is 1. The minimum atomic E-state index is -2.33. The van der Waals surface area contributed by atoms with Crippen LogP contribution in [0.3, 0.4) is 0 Å². The fraction of sp³-hybridized carbons (Fsp3) is 0.0455. The van der Waals surface area contributed by atoms with E-state index < -0.39 is 6.98 Å². The Morgan fingerprint density at radius 2 is 1.31 bits per heavy atom. The standard InChI is InChI=1S/C44H29N5O.Pt/c1-27-17-18-28(47-26-46(2)37-14-5-6-15-38(37)47)22-42(27)50-29-19-20-31-34-24-35-33-12-9-11-32-30-10-3-4-13-36(30)49(44(32)33)41(35)25-40(34)48(39(31)23-29)43-16-7-8-21-45-43;/h3-25H,1-2H3;/i2D3;. The van der Waals surface area contributed by atoms with Gasteiger partial charge in [0, 0.05) is 27.7 Å². The Balaban J connectivity index is 1.11. The molecule has 7 heteroatoms. The quantitative estimate of drug-likeness (QED) is 0.177. The van der Waals surface area contributed by atoms with Crippen LogP contribution in [0.1, 0.15) is 9.68 Å². The average molecular weight is 842 g/mol. The van der Waals surface area contributed by atoms with E-state index in [9.17, 15) is 0 Å². The molecule has 0 bridgehead atoms. The van der Waals surface area contributed by atoms with Gasteiger partial charge in [0.2, 0.25) is 0 Å². The number of aryl methyl sites for hydroxylation is 2. The first-order valence-electron chi connectivity index (χ1n) is 18.3. The predicted molar refractivity (Wildman–Crippen MR) is 204 cm³/mol. The Hall–Kier alpha value is -5.97. The summed E-state index contributed by atoms with van der Waals surface area (Å²) in [6.45, 7) is -0.315. The summed E-state index contributed by atoms with van der Waals surface area (Å²) in [5, 5.41) is 7.22. The van der Waals surface area contributed by atoms with Gasteiger partial charge in [-0.15, -0.1) is 0 Å². The van der Waals surface area contributed by atoms with Gasteiger partial charge in [0.05, 0.1) is 16.6 Å². The van der Waals surface area contributed by atoms with Crippen LogP contribution in [-0.2, 0) is 26.3 Å². The predicted octanol–water partition coefficient (Wildman–Crippen LogP) is 10.8. The third-order valence-electron chi connectivity index (χ3n) is 10.3. The minimum absolute atomic E-state index is 0.579. The van der Waals surface area contributed by atoms with Crippen molar-refractivity contribution in [3.8, 4) is 23.0 Å². The zero-order valence-electron chi connectivity index (χ0n) is 30.2. The first-order valence-corrected chi connectivity index (χ1v) is 17.9. The molecule has 0 aliphatic heterocycles. The van der Waals surface area contributed by atoms with Crippen molar-refractivity contribution < 1.29 is 28.2 Å². The number of para-hydroxylation sites is 4. The molecular formula is C44H29N5OPt. The summed E-state index contributed by atoms with van der Waals surface area (Å²) >= 11 is 2.10. The third kappa shape index (κ3) is 3.97. The number of hydrogen-bond donors (Lipinski definition) is 0. The summed E-state index contributed by atoms with van der Waals surface area (Å²) < 4.78 is 40.1. The summed E-state index contributed by atoms with van der Waals surface area (Å²) in [7, 11) is 0. The topological polar surface area (TPSA) is 41.3 Å². The molecule has 0 fully saturated rings. The van der Waals surface area contributed by atoms with Crippen LogP contribution in [0.2, 0.25) is 0 Å². The Morgan fingerprint density at radius 3 is 2.16 bits per heavy atom. The number of imidazole rings is 1. The first-order chi connectivity index (χ1) is 26.3. The number of hydrogen-bond acceptors (Lipinski definition) is 2. The van der Waals surface area contributed by atoms with Crippen LogP contribution in [-0.4, -0.2) is 23.1 Å². The van der Waals surface area contributed by atoms with E-state index in [0.29, 0.717) is 20.8 Å². The van der Waals surface area contributed by atoms with Crippen molar-refractivity contribution in [1.82, 2.24) is 23.1 Å². The molecule has 6 nitrogen and oxygen atoms in total. The molecule has 0 atom stereocenters. The monoisotopic (exact) mass is 841 g/mol. The summed E-state index contributed by atoms with van der Waals surface area (Å²) in [6, 6.07) is 45.7. The fourth-order valence-electron chi connectivity index (χ4n) is 8.04. The van der Waals surface area contributed by atoms with Crippen LogP contribution in [0, 0.1) is 10.7 Å². The molecule has 0 aliphatic carbocycles. The van der Waals surface area contributed by atoms with E-state index in [1.54, 1.807) is 0 Å². The normalized spacial score (nSPS) is 13.4. The Kier molecular flexibility index (Phi) is 5.35. The number of rotatable bonds is 4. The van der Waals surface area contributed by atoms with Gasteiger partial charge in [0.25, 0.3) is 0 Å². The molecule has 5 heterocycles. The molecule has 6 aromatic carbocycles. The van der Waals surface area contributed by atoms with Gasteiger partial charge in [-0.25, -0.2) is 0 Å². The number of ether oxygens (including phenoxy) is 1. The molecule has 0 N–H and O–H groups in total. The summed E-state index contributed by atoms with van der Waals surface area (Å²) in [5.41, 5.74) is 8.87. The molecule has 5 aromatic heterocycles. The second-order valence-electron chi connectivity index (χ2n) is 13.1. The van der Waals surface area contributed by atoms with Crippen LogP contribution < -0.4 is 4.74 Å². The number of benzene rings is 6. The summed E-state index contributed by atoms with van der Waals surface area (Å²) in [4.78, 5) is 4.83. The van der Waals surface area contributed by atoms with Crippen molar-refractivity contribution in [1.29, 1.82) is 0 Å². The van der Waals surface area contributed by atoms with Crippen LogP contribution in [0.15, 0.2) is 140 Å². The van der Waals surface area contributed by atoms with Crippen LogP contribution in [0.25, 0.3) is 82.4 Å². The Morgan fingerprint density at radius 1 is 0.588 bits per heavy atom. The van der Waals surface area contributed by atoms with Crippen molar-refractivity contribution in [3.05, 3.63) is 149 Å². The first kappa shape index (κ1) is 25.9.